The Labute approximate surface area is 147 Å². The fourth-order valence-electron chi connectivity index (χ4n) is 2.58. The summed E-state index contributed by atoms with van der Waals surface area (Å²) in [6.07, 6.45) is -2.81. The Morgan fingerprint density at radius 3 is 2.62 bits per heavy atom. The van der Waals surface area contributed by atoms with Gasteiger partial charge in [0, 0.05) is 31.5 Å². The van der Waals surface area contributed by atoms with E-state index in [1.807, 2.05) is 6.92 Å². The molecule has 3 aromatic rings. The van der Waals surface area contributed by atoms with E-state index in [1.165, 1.54) is 17.9 Å². The molecular formula is C16H17F3N6O. The standard InChI is InChI=1S/C16H17F3N6O/c1-4-24-6-5-11(21-24)9-23(3)15(26)12-8-14-20-10(2)7-13(16(17,18)19)25(14)22-12/h5-8H,4,9H2,1-3H3. The first-order valence-corrected chi connectivity index (χ1v) is 7.91. The highest BCUT2D eigenvalue weighted by molar-refractivity contribution is 5.93. The molecule has 0 aliphatic heterocycles. The largest absolute Gasteiger partial charge is 0.433 e. The van der Waals surface area contributed by atoms with Crippen LogP contribution in [0.1, 0.15) is 34.5 Å². The van der Waals surface area contributed by atoms with Gasteiger partial charge < -0.3 is 4.90 Å². The van der Waals surface area contributed by atoms with E-state index in [-0.39, 0.29) is 23.6 Å². The van der Waals surface area contributed by atoms with Gasteiger partial charge in [0.25, 0.3) is 5.91 Å². The van der Waals surface area contributed by atoms with Gasteiger partial charge in [-0.3, -0.25) is 9.48 Å². The minimum atomic E-state index is -4.60. The minimum Gasteiger partial charge on any atom is -0.334 e. The van der Waals surface area contributed by atoms with Crippen molar-refractivity contribution in [1.29, 1.82) is 0 Å². The number of rotatable bonds is 4. The van der Waals surface area contributed by atoms with Crippen LogP contribution in [0.3, 0.4) is 0 Å². The summed E-state index contributed by atoms with van der Waals surface area (Å²) in [5, 5.41) is 8.10. The SMILES string of the molecule is CCn1ccc(CN(C)C(=O)c2cc3nc(C)cc(C(F)(F)F)n3n2)n1. The number of hydrogen-bond acceptors (Lipinski definition) is 4. The molecule has 7 nitrogen and oxygen atoms in total. The Morgan fingerprint density at radius 2 is 2.00 bits per heavy atom. The highest BCUT2D eigenvalue weighted by atomic mass is 19.4. The fraction of sp³-hybridized carbons (Fsp3) is 0.375. The molecule has 0 saturated carbocycles. The van der Waals surface area contributed by atoms with Gasteiger partial charge in [-0.25, -0.2) is 9.50 Å². The van der Waals surface area contributed by atoms with Crippen LogP contribution >= 0.6 is 0 Å². The van der Waals surface area contributed by atoms with Crippen molar-refractivity contribution in [3.63, 3.8) is 0 Å². The molecule has 0 radical (unpaired) electrons. The van der Waals surface area contributed by atoms with Crippen molar-refractivity contribution in [1.82, 2.24) is 29.3 Å². The van der Waals surface area contributed by atoms with Crippen molar-refractivity contribution in [2.75, 3.05) is 7.05 Å². The van der Waals surface area contributed by atoms with E-state index in [0.717, 1.165) is 6.07 Å². The molecule has 10 heteroatoms. The number of amides is 1. The van der Waals surface area contributed by atoms with Crippen LogP contribution in [0.15, 0.2) is 24.4 Å². The summed E-state index contributed by atoms with van der Waals surface area (Å²) in [4.78, 5) is 17.9. The minimum absolute atomic E-state index is 0.0238. The number of fused-ring (bicyclic) bond motifs is 1. The highest BCUT2D eigenvalue weighted by Crippen LogP contribution is 2.30. The molecular weight excluding hydrogens is 349 g/mol. The molecule has 0 fully saturated rings. The van der Waals surface area contributed by atoms with E-state index in [9.17, 15) is 18.0 Å². The Balaban J connectivity index is 1.90. The molecule has 0 atom stereocenters. The summed E-state index contributed by atoms with van der Waals surface area (Å²) >= 11 is 0. The lowest BCUT2D eigenvalue weighted by Crippen LogP contribution is -2.27. The normalized spacial score (nSPS) is 11.9. The average molecular weight is 366 g/mol. The highest BCUT2D eigenvalue weighted by Gasteiger charge is 2.35. The first-order valence-electron chi connectivity index (χ1n) is 7.91. The van der Waals surface area contributed by atoms with E-state index in [2.05, 4.69) is 15.2 Å². The average Bonchev–Trinajstić information content (AvgIpc) is 3.18. The third kappa shape index (κ3) is 3.39. The summed E-state index contributed by atoms with van der Waals surface area (Å²) in [5.74, 6) is -0.507. The summed E-state index contributed by atoms with van der Waals surface area (Å²) in [6, 6.07) is 3.94. The van der Waals surface area contributed by atoms with Crippen LogP contribution in [0.2, 0.25) is 0 Å². The van der Waals surface area contributed by atoms with Crippen LogP contribution in [-0.4, -0.2) is 42.2 Å². The molecule has 3 heterocycles. The maximum absolute atomic E-state index is 13.2. The smallest absolute Gasteiger partial charge is 0.334 e. The lowest BCUT2D eigenvalue weighted by Gasteiger charge is -2.14. The predicted molar refractivity (Wildman–Crippen MR) is 86.4 cm³/mol. The second-order valence-electron chi connectivity index (χ2n) is 5.90. The van der Waals surface area contributed by atoms with Gasteiger partial charge in [0.15, 0.2) is 11.3 Å². The Kier molecular flexibility index (Phi) is 4.43. The van der Waals surface area contributed by atoms with Crippen molar-refractivity contribution in [2.45, 2.75) is 33.1 Å². The molecule has 0 saturated heterocycles. The van der Waals surface area contributed by atoms with Gasteiger partial charge in [0.2, 0.25) is 0 Å². The van der Waals surface area contributed by atoms with Crippen molar-refractivity contribution in [3.8, 4) is 0 Å². The molecule has 0 unspecified atom stereocenters. The number of aromatic nitrogens is 5. The molecule has 26 heavy (non-hydrogen) atoms. The predicted octanol–water partition coefficient (Wildman–Crippen LogP) is 2.55. The monoisotopic (exact) mass is 366 g/mol. The third-order valence-electron chi connectivity index (χ3n) is 3.83. The summed E-state index contributed by atoms with van der Waals surface area (Å²) in [7, 11) is 1.54. The van der Waals surface area contributed by atoms with Crippen molar-refractivity contribution < 1.29 is 18.0 Å². The van der Waals surface area contributed by atoms with E-state index < -0.39 is 17.8 Å². The summed E-state index contributed by atoms with van der Waals surface area (Å²) in [6.45, 7) is 4.32. The van der Waals surface area contributed by atoms with Gasteiger partial charge in [-0.1, -0.05) is 0 Å². The first kappa shape index (κ1) is 17.9. The zero-order valence-electron chi connectivity index (χ0n) is 14.4. The van der Waals surface area contributed by atoms with Gasteiger partial charge in [-0.05, 0) is 26.0 Å². The number of carbonyl (C=O) groups excluding carboxylic acids is 1. The number of carbonyl (C=O) groups is 1. The Hall–Kier alpha value is -2.91. The molecule has 3 aromatic heterocycles. The number of nitrogens with zero attached hydrogens (tertiary/aromatic N) is 6. The van der Waals surface area contributed by atoms with E-state index in [1.54, 1.807) is 24.0 Å². The Bertz CT molecular complexity index is 959. The van der Waals surface area contributed by atoms with E-state index >= 15 is 0 Å². The maximum Gasteiger partial charge on any atom is 0.433 e. The number of aryl methyl sites for hydroxylation is 2. The molecule has 0 aromatic carbocycles. The molecule has 0 aliphatic rings. The molecule has 0 bridgehead atoms. The molecule has 1 amide bonds. The van der Waals surface area contributed by atoms with Crippen LogP contribution in [0.5, 0.6) is 0 Å². The topological polar surface area (TPSA) is 68.3 Å². The van der Waals surface area contributed by atoms with Gasteiger partial charge in [0.1, 0.15) is 5.69 Å². The Morgan fingerprint density at radius 1 is 1.27 bits per heavy atom. The number of halogens is 3. The molecule has 0 aliphatic carbocycles. The molecule has 3 rings (SSSR count). The van der Waals surface area contributed by atoms with Crippen LogP contribution in [0.25, 0.3) is 5.65 Å². The molecule has 138 valence electrons. The van der Waals surface area contributed by atoms with Crippen molar-refractivity contribution in [2.24, 2.45) is 0 Å². The zero-order valence-corrected chi connectivity index (χ0v) is 14.4. The molecule has 0 N–H and O–H groups in total. The second kappa shape index (κ2) is 6.43. The van der Waals surface area contributed by atoms with Gasteiger partial charge >= 0.3 is 6.18 Å². The number of hydrogen-bond donors (Lipinski definition) is 0. The van der Waals surface area contributed by atoms with Crippen molar-refractivity contribution in [3.05, 3.63) is 47.2 Å². The quantitative estimate of drug-likeness (QED) is 0.712. The van der Waals surface area contributed by atoms with Gasteiger partial charge in [-0.15, -0.1) is 0 Å². The maximum atomic E-state index is 13.2. The number of alkyl halides is 3. The van der Waals surface area contributed by atoms with Gasteiger partial charge in [-0.2, -0.15) is 23.4 Å². The lowest BCUT2D eigenvalue weighted by molar-refractivity contribution is -0.142. The molecule has 0 spiro atoms. The first-order chi connectivity index (χ1) is 12.2. The van der Waals surface area contributed by atoms with Crippen LogP contribution in [-0.2, 0) is 19.3 Å². The third-order valence-corrected chi connectivity index (χ3v) is 3.83. The second-order valence-corrected chi connectivity index (χ2v) is 5.90. The van der Waals surface area contributed by atoms with E-state index in [4.69, 9.17) is 0 Å². The zero-order chi connectivity index (χ0) is 19.1. The summed E-state index contributed by atoms with van der Waals surface area (Å²) < 4.78 is 42.0. The lowest BCUT2D eigenvalue weighted by atomic mass is 10.3. The van der Waals surface area contributed by atoms with Crippen molar-refractivity contribution >= 4 is 11.6 Å². The van der Waals surface area contributed by atoms with Crippen LogP contribution in [0.4, 0.5) is 13.2 Å². The van der Waals surface area contributed by atoms with E-state index in [0.29, 0.717) is 16.8 Å². The fourth-order valence-corrected chi connectivity index (χ4v) is 2.58. The van der Waals surface area contributed by atoms with Crippen LogP contribution in [0, 0.1) is 6.92 Å². The van der Waals surface area contributed by atoms with Crippen LogP contribution < -0.4 is 0 Å². The van der Waals surface area contributed by atoms with Gasteiger partial charge in [0.05, 0.1) is 12.2 Å². The summed E-state index contributed by atoms with van der Waals surface area (Å²) in [5.41, 5.74) is -0.225.